The van der Waals surface area contributed by atoms with Crippen LogP contribution in [-0.4, -0.2) is 37.5 Å². The molecule has 0 bridgehead atoms. The molecule has 1 heterocycles. The first kappa shape index (κ1) is 14.2. The van der Waals surface area contributed by atoms with Crippen molar-refractivity contribution in [3.05, 3.63) is 35.1 Å². The molecule has 7 heteroatoms. The van der Waals surface area contributed by atoms with Gasteiger partial charge in [0.2, 0.25) is 0 Å². The molecule has 1 aliphatic rings. The zero-order chi connectivity index (χ0) is 14.0. The summed E-state index contributed by atoms with van der Waals surface area (Å²) in [5.41, 5.74) is -0.504. The maximum absolute atomic E-state index is 13.6. The summed E-state index contributed by atoms with van der Waals surface area (Å²) in [6, 6.07) is -0.733. The monoisotopic (exact) mass is 280 g/mol. The van der Waals surface area contributed by atoms with Crippen LogP contribution in [0.2, 0.25) is 0 Å². The predicted octanol–water partition coefficient (Wildman–Crippen LogP) is 2.32. The zero-order valence-electron chi connectivity index (χ0n) is 9.97. The normalized spacial score (nSPS) is 18.8. The van der Waals surface area contributed by atoms with E-state index in [0.29, 0.717) is 38.3 Å². The lowest BCUT2D eigenvalue weighted by Gasteiger charge is -2.34. The number of alkyl halides is 2. The largest absolute Gasteiger partial charge is 0.314 e. The van der Waals surface area contributed by atoms with E-state index in [2.05, 4.69) is 5.32 Å². The smallest absolute Gasteiger partial charge is 0.258 e. The number of benzene rings is 1. The number of hydrogen-bond acceptors (Lipinski definition) is 2. The molecule has 1 fully saturated rings. The Bertz CT molecular complexity index is 446. The maximum atomic E-state index is 13.6. The Morgan fingerprint density at radius 1 is 0.947 bits per heavy atom. The molecule has 0 amide bonds. The Morgan fingerprint density at radius 3 is 2.11 bits per heavy atom. The third-order valence-corrected chi connectivity index (χ3v) is 3.14. The lowest BCUT2D eigenvalue weighted by molar-refractivity contribution is 0.0162. The van der Waals surface area contributed by atoms with Crippen molar-refractivity contribution in [2.45, 2.75) is 12.5 Å². The fourth-order valence-corrected chi connectivity index (χ4v) is 2.22. The lowest BCUT2D eigenvalue weighted by Crippen LogP contribution is -2.47. The third-order valence-electron chi connectivity index (χ3n) is 3.14. The van der Waals surface area contributed by atoms with Gasteiger partial charge in [-0.1, -0.05) is 0 Å². The summed E-state index contributed by atoms with van der Waals surface area (Å²) in [5.74, 6) is -3.85. The van der Waals surface area contributed by atoms with Crippen molar-refractivity contribution < 1.29 is 22.0 Å². The number of piperazine rings is 1. The highest BCUT2D eigenvalue weighted by atomic mass is 19.3. The molecule has 0 spiro atoms. The molecule has 0 aliphatic carbocycles. The van der Waals surface area contributed by atoms with E-state index in [1.807, 2.05) is 0 Å². The molecule has 1 N–H and O–H groups in total. The van der Waals surface area contributed by atoms with E-state index < -0.39 is 35.5 Å². The summed E-state index contributed by atoms with van der Waals surface area (Å²) in [6.45, 7) is 1.59. The van der Waals surface area contributed by atoms with E-state index in [-0.39, 0.29) is 0 Å². The van der Waals surface area contributed by atoms with Crippen LogP contribution in [0.25, 0.3) is 0 Å². The first-order chi connectivity index (χ1) is 9.00. The van der Waals surface area contributed by atoms with Gasteiger partial charge in [0.05, 0.1) is 6.04 Å². The van der Waals surface area contributed by atoms with Crippen LogP contribution in [0.3, 0.4) is 0 Å². The van der Waals surface area contributed by atoms with E-state index in [9.17, 15) is 22.0 Å². The van der Waals surface area contributed by atoms with Gasteiger partial charge >= 0.3 is 0 Å². The van der Waals surface area contributed by atoms with E-state index >= 15 is 0 Å². The van der Waals surface area contributed by atoms with Crippen molar-refractivity contribution in [3.63, 3.8) is 0 Å². The van der Waals surface area contributed by atoms with Gasteiger partial charge in [-0.3, -0.25) is 4.90 Å². The van der Waals surface area contributed by atoms with Gasteiger partial charge in [-0.15, -0.1) is 0 Å². The Hall–Kier alpha value is -1.21. The summed E-state index contributed by atoms with van der Waals surface area (Å²) < 4.78 is 65.9. The SMILES string of the molecule is Fc1cc(F)c([C@@H](C(F)F)N2CCNCC2)cc1F. The Balaban J connectivity index is 2.35. The van der Waals surface area contributed by atoms with Gasteiger partial charge < -0.3 is 5.32 Å². The van der Waals surface area contributed by atoms with Crippen LogP contribution in [0.1, 0.15) is 11.6 Å². The molecule has 1 aromatic rings. The minimum atomic E-state index is -2.88. The summed E-state index contributed by atoms with van der Waals surface area (Å²) in [4.78, 5) is 1.37. The molecule has 2 nitrogen and oxygen atoms in total. The maximum Gasteiger partial charge on any atom is 0.258 e. The molecule has 0 saturated carbocycles. The molecule has 0 unspecified atom stereocenters. The van der Waals surface area contributed by atoms with Crippen molar-refractivity contribution in [2.75, 3.05) is 26.2 Å². The topological polar surface area (TPSA) is 15.3 Å². The second kappa shape index (κ2) is 5.83. The summed E-state index contributed by atoms with van der Waals surface area (Å²) in [5, 5.41) is 2.98. The second-order valence-corrected chi connectivity index (χ2v) is 4.35. The van der Waals surface area contributed by atoms with Crippen LogP contribution in [0.4, 0.5) is 22.0 Å². The second-order valence-electron chi connectivity index (χ2n) is 4.35. The molecule has 1 atom stereocenters. The number of hydrogen-bond donors (Lipinski definition) is 1. The number of nitrogens with one attached hydrogen (secondary N) is 1. The lowest BCUT2D eigenvalue weighted by atomic mass is 10.0. The fourth-order valence-electron chi connectivity index (χ4n) is 2.22. The molecular formula is C12H13F5N2. The molecule has 2 rings (SSSR count). The quantitative estimate of drug-likeness (QED) is 0.675. The van der Waals surface area contributed by atoms with Crippen LogP contribution in [0.15, 0.2) is 12.1 Å². The number of rotatable bonds is 3. The summed E-state index contributed by atoms with van der Waals surface area (Å²) >= 11 is 0. The van der Waals surface area contributed by atoms with Gasteiger partial charge in [-0.2, -0.15) is 0 Å². The van der Waals surface area contributed by atoms with Gasteiger partial charge in [-0.05, 0) is 6.07 Å². The van der Waals surface area contributed by atoms with Crippen LogP contribution in [-0.2, 0) is 0 Å². The molecule has 1 aromatic carbocycles. The van der Waals surface area contributed by atoms with Crippen LogP contribution in [0.5, 0.6) is 0 Å². The van der Waals surface area contributed by atoms with E-state index in [1.165, 1.54) is 4.90 Å². The van der Waals surface area contributed by atoms with Gasteiger partial charge in [0.15, 0.2) is 11.6 Å². The number of halogens is 5. The standard InChI is InChI=1S/C12H13F5N2/c13-8-6-10(15)9(14)5-7(8)11(12(16)17)19-3-1-18-2-4-19/h5-6,11-12,18H,1-4H2/t11-/m0/s1. The first-order valence-electron chi connectivity index (χ1n) is 5.88. The highest BCUT2D eigenvalue weighted by molar-refractivity contribution is 5.24. The third kappa shape index (κ3) is 3.03. The average molecular weight is 280 g/mol. The molecule has 106 valence electrons. The molecule has 0 radical (unpaired) electrons. The van der Waals surface area contributed by atoms with Crippen LogP contribution >= 0.6 is 0 Å². The van der Waals surface area contributed by atoms with Crippen molar-refractivity contribution in [1.29, 1.82) is 0 Å². The highest BCUT2D eigenvalue weighted by Gasteiger charge is 2.33. The van der Waals surface area contributed by atoms with Gasteiger partial charge in [0.1, 0.15) is 5.82 Å². The minimum absolute atomic E-state index is 0.299. The van der Waals surface area contributed by atoms with Crippen molar-refractivity contribution in [3.8, 4) is 0 Å². The summed E-state index contributed by atoms with van der Waals surface area (Å²) in [7, 11) is 0. The molecule has 0 aromatic heterocycles. The van der Waals surface area contributed by atoms with Gasteiger partial charge in [0.25, 0.3) is 6.43 Å². The van der Waals surface area contributed by atoms with Crippen LogP contribution < -0.4 is 5.32 Å². The Morgan fingerprint density at radius 2 is 1.53 bits per heavy atom. The van der Waals surface area contributed by atoms with Gasteiger partial charge in [0, 0.05) is 37.8 Å². The highest BCUT2D eigenvalue weighted by Crippen LogP contribution is 2.30. The average Bonchev–Trinajstić information content (AvgIpc) is 2.37. The van der Waals surface area contributed by atoms with E-state index in [1.54, 1.807) is 0 Å². The Labute approximate surface area is 107 Å². The first-order valence-corrected chi connectivity index (χ1v) is 5.88. The minimum Gasteiger partial charge on any atom is -0.314 e. The predicted molar refractivity (Wildman–Crippen MR) is 59.5 cm³/mol. The Kier molecular flexibility index (Phi) is 4.36. The molecule has 19 heavy (non-hydrogen) atoms. The number of nitrogens with zero attached hydrogens (tertiary/aromatic N) is 1. The molecular weight excluding hydrogens is 267 g/mol. The zero-order valence-corrected chi connectivity index (χ0v) is 9.97. The van der Waals surface area contributed by atoms with Gasteiger partial charge in [-0.25, -0.2) is 22.0 Å². The van der Waals surface area contributed by atoms with Crippen LogP contribution in [0, 0.1) is 17.5 Å². The van der Waals surface area contributed by atoms with E-state index in [0.717, 1.165) is 0 Å². The molecule has 1 aliphatic heterocycles. The molecule has 1 saturated heterocycles. The fraction of sp³-hybridized carbons (Fsp3) is 0.500. The van der Waals surface area contributed by atoms with Crippen molar-refractivity contribution in [1.82, 2.24) is 10.2 Å². The summed E-state index contributed by atoms with van der Waals surface area (Å²) in [6.07, 6.45) is -2.88. The van der Waals surface area contributed by atoms with E-state index in [4.69, 9.17) is 0 Å². The van der Waals surface area contributed by atoms with Crippen molar-refractivity contribution >= 4 is 0 Å². The van der Waals surface area contributed by atoms with Crippen molar-refractivity contribution in [2.24, 2.45) is 0 Å².